The number of hydrogen-bond donors (Lipinski definition) is 1. The molecule has 1 saturated carbocycles. The molecule has 2 unspecified atom stereocenters. The van der Waals surface area contributed by atoms with E-state index in [2.05, 4.69) is 36.1 Å². The predicted octanol–water partition coefficient (Wildman–Crippen LogP) is 2.80. The lowest BCUT2D eigenvalue weighted by molar-refractivity contribution is -0.138. The third-order valence-electron chi connectivity index (χ3n) is 3.66. The van der Waals surface area contributed by atoms with E-state index in [1.165, 1.54) is 11.3 Å². The van der Waals surface area contributed by atoms with Crippen LogP contribution in [-0.2, 0) is 11.2 Å². The van der Waals surface area contributed by atoms with Crippen LogP contribution >= 0.6 is 0 Å². The van der Waals surface area contributed by atoms with Crippen LogP contribution in [0.15, 0.2) is 24.3 Å². The van der Waals surface area contributed by atoms with Gasteiger partial charge in [0.1, 0.15) is 0 Å². The number of carboxylic acid groups (broad SMARTS) is 1. The lowest BCUT2D eigenvalue weighted by atomic mass is 10.1. The highest BCUT2D eigenvalue weighted by Crippen LogP contribution is 2.39. The topological polar surface area (TPSA) is 40.5 Å². The maximum Gasteiger partial charge on any atom is 0.306 e. The Kier molecular flexibility index (Phi) is 3.90. The fourth-order valence-electron chi connectivity index (χ4n) is 2.41. The van der Waals surface area contributed by atoms with Gasteiger partial charge in [-0.25, -0.2) is 0 Å². The van der Waals surface area contributed by atoms with Crippen molar-refractivity contribution >= 4 is 11.7 Å². The molecule has 1 aliphatic rings. The maximum absolute atomic E-state index is 10.8. The molecule has 0 aromatic heterocycles. The molecule has 0 bridgehead atoms. The second-order valence-electron chi connectivity index (χ2n) is 5.24. The maximum atomic E-state index is 10.8. The lowest BCUT2D eigenvalue weighted by Gasteiger charge is -2.19. The number of aryl methyl sites for hydroxylation is 1. The molecule has 1 fully saturated rings. The van der Waals surface area contributed by atoms with Gasteiger partial charge in [-0.15, -0.1) is 0 Å². The summed E-state index contributed by atoms with van der Waals surface area (Å²) in [6.07, 6.45) is 3.11. The minimum atomic E-state index is -0.647. The van der Waals surface area contributed by atoms with Crippen molar-refractivity contribution in [3.05, 3.63) is 29.8 Å². The number of aliphatic carboxylic acids is 1. The Morgan fingerprint density at radius 1 is 1.39 bits per heavy atom. The minimum absolute atomic E-state index is 0.119. The standard InChI is InChI=1S/C15H21NO2/c1-3-4-11-5-7-13(8-6-11)16(2)10-12-9-14(12)15(17)18/h5-8,12,14H,3-4,9-10H2,1-2H3,(H,17,18). The first-order valence-electron chi connectivity index (χ1n) is 6.64. The van der Waals surface area contributed by atoms with E-state index in [-0.39, 0.29) is 5.92 Å². The summed E-state index contributed by atoms with van der Waals surface area (Å²) in [5.41, 5.74) is 2.54. The molecule has 1 aromatic carbocycles. The van der Waals surface area contributed by atoms with Crippen LogP contribution in [0.1, 0.15) is 25.3 Å². The second-order valence-corrected chi connectivity index (χ2v) is 5.24. The van der Waals surface area contributed by atoms with Gasteiger partial charge in [0.2, 0.25) is 0 Å². The van der Waals surface area contributed by atoms with E-state index in [1.54, 1.807) is 0 Å². The fraction of sp³-hybridized carbons (Fsp3) is 0.533. The molecule has 0 amide bonds. The number of carboxylic acids is 1. The summed E-state index contributed by atoms with van der Waals surface area (Å²) < 4.78 is 0. The monoisotopic (exact) mass is 247 g/mol. The third-order valence-corrected chi connectivity index (χ3v) is 3.66. The molecule has 0 radical (unpaired) electrons. The van der Waals surface area contributed by atoms with Gasteiger partial charge in [0.25, 0.3) is 0 Å². The zero-order chi connectivity index (χ0) is 13.1. The summed E-state index contributed by atoms with van der Waals surface area (Å²) >= 11 is 0. The zero-order valence-corrected chi connectivity index (χ0v) is 11.1. The Hall–Kier alpha value is -1.51. The first kappa shape index (κ1) is 12.9. The highest BCUT2D eigenvalue weighted by atomic mass is 16.4. The van der Waals surface area contributed by atoms with Crippen molar-refractivity contribution in [3.63, 3.8) is 0 Å². The van der Waals surface area contributed by atoms with Crippen LogP contribution in [0.3, 0.4) is 0 Å². The molecule has 3 heteroatoms. The minimum Gasteiger partial charge on any atom is -0.481 e. The molecule has 0 heterocycles. The number of nitrogens with zero attached hydrogens (tertiary/aromatic N) is 1. The summed E-state index contributed by atoms with van der Waals surface area (Å²) in [4.78, 5) is 12.9. The second kappa shape index (κ2) is 5.42. The van der Waals surface area contributed by atoms with Crippen LogP contribution in [0.25, 0.3) is 0 Å². The molecule has 2 atom stereocenters. The van der Waals surface area contributed by atoms with Gasteiger partial charge < -0.3 is 10.0 Å². The molecule has 0 aliphatic heterocycles. The molecular formula is C15H21NO2. The number of anilines is 1. The molecule has 98 valence electrons. The Balaban J connectivity index is 1.89. The Bertz CT molecular complexity index is 413. The Labute approximate surface area is 108 Å². The largest absolute Gasteiger partial charge is 0.481 e. The van der Waals surface area contributed by atoms with Crippen LogP contribution in [-0.4, -0.2) is 24.7 Å². The third kappa shape index (κ3) is 3.03. The van der Waals surface area contributed by atoms with E-state index in [0.29, 0.717) is 5.92 Å². The summed E-state index contributed by atoms with van der Waals surface area (Å²) in [7, 11) is 2.03. The van der Waals surface area contributed by atoms with Gasteiger partial charge in [0, 0.05) is 19.3 Å². The zero-order valence-electron chi connectivity index (χ0n) is 11.1. The van der Waals surface area contributed by atoms with Crippen LogP contribution in [0.4, 0.5) is 5.69 Å². The van der Waals surface area contributed by atoms with E-state index in [4.69, 9.17) is 5.11 Å². The number of benzene rings is 1. The normalized spacial score (nSPS) is 21.7. The van der Waals surface area contributed by atoms with Crippen LogP contribution in [0, 0.1) is 11.8 Å². The van der Waals surface area contributed by atoms with Crippen molar-refractivity contribution in [2.45, 2.75) is 26.2 Å². The lowest BCUT2D eigenvalue weighted by Crippen LogP contribution is -2.21. The quantitative estimate of drug-likeness (QED) is 0.840. The molecule has 0 saturated heterocycles. The van der Waals surface area contributed by atoms with Crippen LogP contribution in [0.5, 0.6) is 0 Å². The molecule has 3 nitrogen and oxygen atoms in total. The average molecular weight is 247 g/mol. The molecule has 1 aromatic rings. The van der Waals surface area contributed by atoms with Crippen molar-refractivity contribution in [1.29, 1.82) is 0 Å². The summed E-state index contributed by atoms with van der Waals surface area (Å²) in [5.74, 6) is -0.443. The van der Waals surface area contributed by atoms with Gasteiger partial charge >= 0.3 is 5.97 Å². The molecule has 18 heavy (non-hydrogen) atoms. The van der Waals surface area contributed by atoms with Gasteiger partial charge in [0.15, 0.2) is 0 Å². The van der Waals surface area contributed by atoms with Gasteiger partial charge in [-0.1, -0.05) is 25.5 Å². The van der Waals surface area contributed by atoms with Gasteiger partial charge in [-0.2, -0.15) is 0 Å². The highest BCUT2D eigenvalue weighted by Gasteiger charge is 2.43. The first-order chi connectivity index (χ1) is 8.61. The fourth-order valence-corrected chi connectivity index (χ4v) is 2.41. The van der Waals surface area contributed by atoms with Gasteiger partial charge in [0.05, 0.1) is 5.92 Å². The Morgan fingerprint density at radius 2 is 2.06 bits per heavy atom. The van der Waals surface area contributed by atoms with Crippen molar-refractivity contribution in [3.8, 4) is 0 Å². The average Bonchev–Trinajstić information content (AvgIpc) is 3.10. The van der Waals surface area contributed by atoms with E-state index in [1.807, 2.05) is 7.05 Å². The van der Waals surface area contributed by atoms with E-state index in [9.17, 15) is 4.79 Å². The van der Waals surface area contributed by atoms with Crippen LogP contribution < -0.4 is 4.90 Å². The molecule has 0 spiro atoms. The predicted molar refractivity (Wildman–Crippen MR) is 72.9 cm³/mol. The van der Waals surface area contributed by atoms with Crippen molar-refractivity contribution in [1.82, 2.24) is 0 Å². The molecule has 1 N–H and O–H groups in total. The van der Waals surface area contributed by atoms with Crippen molar-refractivity contribution < 1.29 is 9.90 Å². The Morgan fingerprint density at radius 3 is 2.56 bits per heavy atom. The molecule has 2 rings (SSSR count). The SMILES string of the molecule is CCCc1ccc(N(C)CC2CC2C(=O)O)cc1. The van der Waals surface area contributed by atoms with Gasteiger partial charge in [-0.05, 0) is 36.5 Å². The van der Waals surface area contributed by atoms with Gasteiger partial charge in [-0.3, -0.25) is 4.79 Å². The van der Waals surface area contributed by atoms with E-state index >= 15 is 0 Å². The smallest absolute Gasteiger partial charge is 0.306 e. The highest BCUT2D eigenvalue weighted by molar-refractivity contribution is 5.73. The summed E-state index contributed by atoms with van der Waals surface area (Å²) in [6.45, 7) is 3.02. The molecular weight excluding hydrogens is 226 g/mol. The number of carbonyl (C=O) groups is 1. The van der Waals surface area contributed by atoms with Crippen LogP contribution in [0.2, 0.25) is 0 Å². The molecule has 1 aliphatic carbocycles. The number of hydrogen-bond acceptors (Lipinski definition) is 2. The van der Waals surface area contributed by atoms with Crippen molar-refractivity contribution in [2.75, 3.05) is 18.5 Å². The number of rotatable bonds is 6. The van der Waals surface area contributed by atoms with E-state index < -0.39 is 5.97 Å². The van der Waals surface area contributed by atoms with E-state index in [0.717, 1.165) is 25.8 Å². The first-order valence-corrected chi connectivity index (χ1v) is 6.64. The summed E-state index contributed by atoms with van der Waals surface area (Å²) in [5, 5.41) is 8.88. The summed E-state index contributed by atoms with van der Waals surface area (Å²) in [6, 6.07) is 8.58. The van der Waals surface area contributed by atoms with Crippen molar-refractivity contribution in [2.24, 2.45) is 11.8 Å².